The van der Waals surface area contributed by atoms with Crippen LogP contribution in [-0.2, 0) is 16.1 Å². The van der Waals surface area contributed by atoms with E-state index in [-0.39, 0.29) is 36.7 Å². The molecule has 1 unspecified atom stereocenters. The standard InChI is InChI=1S/C17H22ClN3O2.ClH/c1-12(14-8-19-9-14)17(23)21-6-5-20(16(22)11-21)10-13-3-2-4-15(18)7-13;/h2-4,7,12,14,19H,5-6,8-11H2,1H3;1H. The van der Waals surface area contributed by atoms with Gasteiger partial charge in [-0.25, -0.2) is 0 Å². The van der Waals surface area contributed by atoms with E-state index in [0.29, 0.717) is 30.6 Å². The average Bonchev–Trinajstić information content (AvgIpc) is 2.47. The fraction of sp³-hybridized carbons (Fsp3) is 0.529. The van der Waals surface area contributed by atoms with E-state index < -0.39 is 0 Å². The molecular formula is C17H23Cl2N3O2. The predicted octanol–water partition coefficient (Wildman–Crippen LogP) is 1.79. The average molecular weight is 372 g/mol. The summed E-state index contributed by atoms with van der Waals surface area (Å²) >= 11 is 5.99. The van der Waals surface area contributed by atoms with Crippen LogP contribution < -0.4 is 5.32 Å². The number of nitrogens with zero attached hydrogens (tertiary/aromatic N) is 2. The minimum atomic E-state index is -0.0106. The molecule has 3 rings (SSSR count). The molecule has 1 N–H and O–H groups in total. The van der Waals surface area contributed by atoms with Crippen molar-refractivity contribution in [2.75, 3.05) is 32.7 Å². The minimum Gasteiger partial charge on any atom is -0.335 e. The first-order valence-electron chi connectivity index (χ1n) is 8.06. The maximum absolute atomic E-state index is 12.5. The molecule has 1 aromatic carbocycles. The van der Waals surface area contributed by atoms with Crippen molar-refractivity contribution in [3.63, 3.8) is 0 Å². The lowest BCUT2D eigenvalue weighted by molar-refractivity contribution is -0.149. The Morgan fingerprint density at radius 2 is 2.12 bits per heavy atom. The molecule has 0 aromatic heterocycles. The lowest BCUT2D eigenvalue weighted by atomic mass is 9.88. The highest BCUT2D eigenvalue weighted by atomic mass is 35.5. The number of piperazine rings is 1. The van der Waals surface area contributed by atoms with Crippen LogP contribution in [0.25, 0.3) is 0 Å². The second kappa shape index (κ2) is 8.19. The van der Waals surface area contributed by atoms with Crippen molar-refractivity contribution in [1.29, 1.82) is 0 Å². The van der Waals surface area contributed by atoms with Crippen LogP contribution in [-0.4, -0.2) is 54.3 Å². The molecule has 132 valence electrons. The summed E-state index contributed by atoms with van der Waals surface area (Å²) in [6.07, 6.45) is 0. The Labute approximate surface area is 153 Å². The number of nitrogens with one attached hydrogen (secondary N) is 1. The van der Waals surface area contributed by atoms with Gasteiger partial charge in [0.05, 0.1) is 6.54 Å². The van der Waals surface area contributed by atoms with Gasteiger partial charge in [0.1, 0.15) is 0 Å². The summed E-state index contributed by atoms with van der Waals surface area (Å²) in [4.78, 5) is 28.4. The van der Waals surface area contributed by atoms with Gasteiger partial charge in [0.25, 0.3) is 0 Å². The quantitative estimate of drug-likeness (QED) is 0.877. The first-order valence-corrected chi connectivity index (χ1v) is 8.44. The highest BCUT2D eigenvalue weighted by Crippen LogP contribution is 2.20. The molecule has 2 aliphatic heterocycles. The molecule has 2 aliphatic rings. The van der Waals surface area contributed by atoms with E-state index in [1.54, 1.807) is 9.80 Å². The molecule has 0 spiro atoms. The highest BCUT2D eigenvalue weighted by molar-refractivity contribution is 6.30. The zero-order valence-corrected chi connectivity index (χ0v) is 15.3. The Kier molecular flexibility index (Phi) is 6.49. The summed E-state index contributed by atoms with van der Waals surface area (Å²) in [7, 11) is 0. The van der Waals surface area contributed by atoms with Crippen molar-refractivity contribution >= 4 is 35.8 Å². The molecule has 5 nitrogen and oxygen atoms in total. The fourth-order valence-corrected chi connectivity index (χ4v) is 3.29. The zero-order valence-electron chi connectivity index (χ0n) is 13.7. The minimum absolute atomic E-state index is 0. The number of halogens is 2. The Bertz CT molecular complexity index is 607. The van der Waals surface area contributed by atoms with Crippen LogP contribution in [0.5, 0.6) is 0 Å². The van der Waals surface area contributed by atoms with E-state index in [1.165, 1.54) is 0 Å². The van der Waals surface area contributed by atoms with Crippen LogP contribution in [0.3, 0.4) is 0 Å². The van der Waals surface area contributed by atoms with Crippen LogP contribution in [0.2, 0.25) is 5.02 Å². The third-order valence-electron chi connectivity index (χ3n) is 4.80. The Hall–Kier alpha value is -1.30. The van der Waals surface area contributed by atoms with E-state index in [4.69, 9.17) is 11.6 Å². The van der Waals surface area contributed by atoms with Crippen molar-refractivity contribution in [2.24, 2.45) is 11.8 Å². The lowest BCUT2D eigenvalue weighted by Crippen LogP contribution is -2.56. The van der Waals surface area contributed by atoms with Crippen molar-refractivity contribution in [2.45, 2.75) is 13.5 Å². The van der Waals surface area contributed by atoms with Crippen LogP contribution in [0.1, 0.15) is 12.5 Å². The molecule has 2 saturated heterocycles. The van der Waals surface area contributed by atoms with Crippen LogP contribution in [0.15, 0.2) is 24.3 Å². The molecule has 0 saturated carbocycles. The number of amides is 2. The van der Waals surface area contributed by atoms with Gasteiger partial charge in [0, 0.05) is 30.6 Å². The number of hydrogen-bond acceptors (Lipinski definition) is 3. The normalized spacial score (nSPS) is 19.5. The van der Waals surface area contributed by atoms with Crippen molar-refractivity contribution < 1.29 is 9.59 Å². The van der Waals surface area contributed by atoms with Gasteiger partial charge >= 0.3 is 0 Å². The number of carbonyl (C=O) groups excluding carboxylic acids is 2. The topological polar surface area (TPSA) is 52.7 Å². The monoisotopic (exact) mass is 371 g/mol. The first kappa shape index (κ1) is 19.0. The second-order valence-corrected chi connectivity index (χ2v) is 6.85. The van der Waals surface area contributed by atoms with Crippen LogP contribution in [0.4, 0.5) is 0 Å². The van der Waals surface area contributed by atoms with E-state index in [9.17, 15) is 9.59 Å². The summed E-state index contributed by atoms with van der Waals surface area (Å²) in [6, 6.07) is 7.54. The second-order valence-electron chi connectivity index (χ2n) is 6.41. The largest absolute Gasteiger partial charge is 0.335 e. The van der Waals surface area contributed by atoms with Gasteiger partial charge in [0.15, 0.2) is 0 Å². The number of hydrogen-bond donors (Lipinski definition) is 1. The highest BCUT2D eigenvalue weighted by Gasteiger charge is 2.34. The Morgan fingerprint density at radius 3 is 2.71 bits per heavy atom. The Morgan fingerprint density at radius 1 is 1.38 bits per heavy atom. The molecule has 2 fully saturated rings. The van der Waals surface area contributed by atoms with Crippen LogP contribution >= 0.6 is 24.0 Å². The smallest absolute Gasteiger partial charge is 0.242 e. The molecule has 2 amide bonds. The van der Waals surface area contributed by atoms with Crippen molar-refractivity contribution in [1.82, 2.24) is 15.1 Å². The van der Waals surface area contributed by atoms with Gasteiger partial charge in [0.2, 0.25) is 11.8 Å². The molecule has 1 atom stereocenters. The van der Waals surface area contributed by atoms with Gasteiger partial charge < -0.3 is 15.1 Å². The van der Waals surface area contributed by atoms with Gasteiger partial charge in [-0.15, -0.1) is 12.4 Å². The summed E-state index contributed by atoms with van der Waals surface area (Å²) in [5.41, 5.74) is 1.01. The van der Waals surface area contributed by atoms with Crippen molar-refractivity contribution in [3.8, 4) is 0 Å². The lowest BCUT2D eigenvalue weighted by Gasteiger charge is -2.38. The zero-order chi connectivity index (χ0) is 16.4. The summed E-state index contributed by atoms with van der Waals surface area (Å²) in [6.45, 7) is 5.68. The van der Waals surface area contributed by atoms with Gasteiger partial charge in [-0.3, -0.25) is 9.59 Å². The fourth-order valence-electron chi connectivity index (χ4n) is 3.07. The molecule has 0 aliphatic carbocycles. The summed E-state index contributed by atoms with van der Waals surface area (Å²) in [5.74, 6) is 0.501. The van der Waals surface area contributed by atoms with E-state index in [1.807, 2.05) is 31.2 Å². The molecular weight excluding hydrogens is 349 g/mol. The third kappa shape index (κ3) is 4.21. The maximum Gasteiger partial charge on any atom is 0.242 e. The molecule has 0 radical (unpaired) electrons. The third-order valence-corrected chi connectivity index (χ3v) is 5.04. The number of rotatable bonds is 4. The van der Waals surface area contributed by atoms with Gasteiger partial charge in [-0.05, 0) is 36.7 Å². The molecule has 0 bridgehead atoms. The maximum atomic E-state index is 12.5. The van der Waals surface area contributed by atoms with E-state index in [0.717, 1.165) is 18.7 Å². The summed E-state index contributed by atoms with van der Waals surface area (Å²) < 4.78 is 0. The van der Waals surface area contributed by atoms with E-state index >= 15 is 0 Å². The Balaban J connectivity index is 0.00000208. The molecule has 24 heavy (non-hydrogen) atoms. The number of benzene rings is 1. The van der Waals surface area contributed by atoms with E-state index in [2.05, 4.69) is 5.32 Å². The van der Waals surface area contributed by atoms with Crippen molar-refractivity contribution in [3.05, 3.63) is 34.9 Å². The molecule has 7 heteroatoms. The molecule has 1 aromatic rings. The predicted molar refractivity (Wildman–Crippen MR) is 96.2 cm³/mol. The van der Waals surface area contributed by atoms with Crippen LogP contribution in [0, 0.1) is 11.8 Å². The van der Waals surface area contributed by atoms with Gasteiger partial charge in [-0.2, -0.15) is 0 Å². The summed E-state index contributed by atoms with van der Waals surface area (Å²) in [5, 5.41) is 3.86. The SMILES string of the molecule is CC(C(=O)N1CCN(Cc2cccc(Cl)c2)C(=O)C1)C1CNC1.Cl. The van der Waals surface area contributed by atoms with Gasteiger partial charge in [-0.1, -0.05) is 30.7 Å². The first-order chi connectivity index (χ1) is 11.0. The number of carbonyl (C=O) groups is 2. The molecule has 2 heterocycles.